The van der Waals surface area contributed by atoms with Crippen LogP contribution in [0.1, 0.15) is 21.5 Å². The Morgan fingerprint density at radius 2 is 1.75 bits per heavy atom. The van der Waals surface area contributed by atoms with E-state index >= 15 is 0 Å². The van der Waals surface area contributed by atoms with Crippen LogP contribution in [0.4, 0.5) is 5.69 Å². The monoisotopic (exact) mass is 418 g/mol. The summed E-state index contributed by atoms with van der Waals surface area (Å²) in [4.78, 5) is 17.7. The Hall–Kier alpha value is -4.25. The van der Waals surface area contributed by atoms with E-state index in [1.165, 1.54) is 0 Å². The first-order chi connectivity index (χ1) is 15.7. The summed E-state index contributed by atoms with van der Waals surface area (Å²) in [6, 6.07) is 25.6. The van der Waals surface area contributed by atoms with Crippen LogP contribution in [0.5, 0.6) is 0 Å². The van der Waals surface area contributed by atoms with E-state index in [2.05, 4.69) is 39.7 Å². The molecule has 5 nitrogen and oxygen atoms in total. The third-order valence-corrected chi connectivity index (χ3v) is 5.56. The van der Waals surface area contributed by atoms with E-state index in [1.807, 2.05) is 72.4 Å². The number of aryl methyl sites for hydroxylation is 1. The number of anilines is 1. The Balaban J connectivity index is 1.44. The molecule has 0 atom stereocenters. The van der Waals surface area contributed by atoms with Crippen LogP contribution in [-0.2, 0) is 6.54 Å². The molecule has 32 heavy (non-hydrogen) atoms. The summed E-state index contributed by atoms with van der Waals surface area (Å²) in [5.74, 6) is -0.143. The molecule has 0 unspecified atom stereocenters. The molecule has 0 fully saturated rings. The molecule has 3 aromatic carbocycles. The SMILES string of the molecule is Cc1ccc(NC(=O)c2ccccc2-c2ccc(Cn3cccn3)cc2)c2cccnc12. The fraction of sp³-hybridized carbons (Fsp3) is 0.0741. The highest BCUT2D eigenvalue weighted by Crippen LogP contribution is 2.28. The Morgan fingerprint density at radius 3 is 2.56 bits per heavy atom. The standard InChI is InChI=1S/C27H22N4O/c1-19-9-14-25(24-8-4-15-28-26(19)24)30-27(32)23-7-3-2-6-22(23)21-12-10-20(11-13-21)18-31-17-5-16-29-31/h2-17H,18H2,1H3,(H,30,32). The van der Waals surface area contributed by atoms with E-state index in [9.17, 15) is 4.79 Å². The van der Waals surface area contributed by atoms with Gasteiger partial charge in [-0.15, -0.1) is 0 Å². The van der Waals surface area contributed by atoms with Crippen molar-refractivity contribution in [2.75, 3.05) is 5.32 Å². The summed E-state index contributed by atoms with van der Waals surface area (Å²) in [6.07, 6.45) is 5.49. The quantitative estimate of drug-likeness (QED) is 0.398. The lowest BCUT2D eigenvalue weighted by molar-refractivity contribution is 0.102. The van der Waals surface area contributed by atoms with Crippen LogP contribution >= 0.6 is 0 Å². The molecule has 2 heterocycles. The van der Waals surface area contributed by atoms with Gasteiger partial charge in [0.15, 0.2) is 0 Å². The number of fused-ring (bicyclic) bond motifs is 1. The summed E-state index contributed by atoms with van der Waals surface area (Å²) >= 11 is 0. The Morgan fingerprint density at radius 1 is 0.906 bits per heavy atom. The molecule has 0 aliphatic rings. The van der Waals surface area contributed by atoms with Crippen LogP contribution in [0.25, 0.3) is 22.0 Å². The van der Waals surface area contributed by atoms with Gasteiger partial charge in [0.1, 0.15) is 0 Å². The van der Waals surface area contributed by atoms with Gasteiger partial charge in [-0.05, 0) is 59.5 Å². The van der Waals surface area contributed by atoms with E-state index in [1.54, 1.807) is 12.4 Å². The van der Waals surface area contributed by atoms with Gasteiger partial charge < -0.3 is 5.32 Å². The fourth-order valence-electron chi connectivity index (χ4n) is 3.92. The number of benzene rings is 3. The lowest BCUT2D eigenvalue weighted by Crippen LogP contribution is -2.13. The molecule has 0 aliphatic carbocycles. The number of carbonyl (C=O) groups excluding carboxylic acids is 1. The zero-order valence-corrected chi connectivity index (χ0v) is 17.7. The largest absolute Gasteiger partial charge is 0.321 e. The van der Waals surface area contributed by atoms with Gasteiger partial charge in [-0.3, -0.25) is 14.5 Å². The topological polar surface area (TPSA) is 59.8 Å². The molecule has 0 radical (unpaired) electrons. The minimum Gasteiger partial charge on any atom is -0.321 e. The maximum absolute atomic E-state index is 13.3. The average Bonchev–Trinajstić information content (AvgIpc) is 3.35. The van der Waals surface area contributed by atoms with Crippen LogP contribution in [-0.4, -0.2) is 20.7 Å². The maximum atomic E-state index is 13.3. The van der Waals surface area contributed by atoms with Gasteiger partial charge in [0.25, 0.3) is 5.91 Å². The minimum absolute atomic E-state index is 0.143. The van der Waals surface area contributed by atoms with Gasteiger partial charge in [0.2, 0.25) is 0 Å². The summed E-state index contributed by atoms with van der Waals surface area (Å²) in [5, 5.41) is 8.28. The van der Waals surface area contributed by atoms with Crippen molar-refractivity contribution in [3.63, 3.8) is 0 Å². The van der Waals surface area contributed by atoms with Crippen molar-refractivity contribution in [3.05, 3.63) is 114 Å². The lowest BCUT2D eigenvalue weighted by atomic mass is 9.98. The number of aromatic nitrogens is 3. The van der Waals surface area contributed by atoms with E-state index in [-0.39, 0.29) is 5.91 Å². The highest BCUT2D eigenvalue weighted by Gasteiger charge is 2.14. The zero-order valence-electron chi connectivity index (χ0n) is 17.7. The molecule has 5 aromatic rings. The van der Waals surface area contributed by atoms with E-state index < -0.39 is 0 Å². The Kier molecular flexibility index (Phi) is 5.22. The molecule has 1 amide bonds. The third-order valence-electron chi connectivity index (χ3n) is 5.56. The predicted octanol–water partition coefficient (Wildman–Crippen LogP) is 5.71. The maximum Gasteiger partial charge on any atom is 0.256 e. The van der Waals surface area contributed by atoms with Crippen LogP contribution < -0.4 is 5.32 Å². The van der Waals surface area contributed by atoms with Crippen LogP contribution in [0.15, 0.2) is 97.5 Å². The highest BCUT2D eigenvalue weighted by molar-refractivity contribution is 6.12. The molecule has 2 aromatic heterocycles. The number of pyridine rings is 1. The number of amides is 1. The van der Waals surface area contributed by atoms with Crippen LogP contribution in [0.3, 0.4) is 0 Å². The van der Waals surface area contributed by atoms with E-state index in [0.29, 0.717) is 12.1 Å². The second-order valence-corrected chi connectivity index (χ2v) is 7.73. The average molecular weight is 419 g/mol. The fourth-order valence-corrected chi connectivity index (χ4v) is 3.92. The van der Waals surface area contributed by atoms with Crippen molar-refractivity contribution in [3.8, 4) is 11.1 Å². The zero-order chi connectivity index (χ0) is 21.9. The number of carbonyl (C=O) groups is 1. The first-order valence-electron chi connectivity index (χ1n) is 10.5. The van der Waals surface area contributed by atoms with Crippen molar-refractivity contribution < 1.29 is 4.79 Å². The predicted molar refractivity (Wildman–Crippen MR) is 128 cm³/mol. The van der Waals surface area contributed by atoms with E-state index in [4.69, 9.17) is 0 Å². The second-order valence-electron chi connectivity index (χ2n) is 7.73. The third kappa shape index (κ3) is 3.88. The molecule has 0 saturated heterocycles. The van der Waals surface area contributed by atoms with Gasteiger partial charge in [-0.2, -0.15) is 5.10 Å². The number of rotatable bonds is 5. The van der Waals surface area contributed by atoms with Crippen molar-refractivity contribution >= 4 is 22.5 Å². The summed E-state index contributed by atoms with van der Waals surface area (Å²) in [6.45, 7) is 2.73. The number of nitrogens with one attached hydrogen (secondary N) is 1. The van der Waals surface area contributed by atoms with Crippen LogP contribution in [0.2, 0.25) is 0 Å². The summed E-state index contributed by atoms with van der Waals surface area (Å²) < 4.78 is 1.89. The number of hydrogen-bond donors (Lipinski definition) is 1. The molecule has 5 heteroatoms. The smallest absolute Gasteiger partial charge is 0.256 e. The molecule has 0 bridgehead atoms. The summed E-state index contributed by atoms with van der Waals surface area (Å²) in [7, 11) is 0. The molecule has 0 saturated carbocycles. The lowest BCUT2D eigenvalue weighted by Gasteiger charge is -2.13. The van der Waals surface area contributed by atoms with Crippen molar-refractivity contribution in [1.82, 2.24) is 14.8 Å². The Bertz CT molecular complexity index is 1390. The highest BCUT2D eigenvalue weighted by atomic mass is 16.1. The molecular formula is C27H22N4O. The van der Waals surface area contributed by atoms with Gasteiger partial charge in [-0.25, -0.2) is 0 Å². The molecular weight excluding hydrogens is 396 g/mol. The molecule has 5 rings (SSSR count). The summed E-state index contributed by atoms with van der Waals surface area (Å²) in [5.41, 5.74) is 6.40. The first-order valence-corrected chi connectivity index (χ1v) is 10.5. The van der Waals surface area contributed by atoms with Gasteiger partial charge in [0, 0.05) is 29.5 Å². The van der Waals surface area contributed by atoms with Gasteiger partial charge in [-0.1, -0.05) is 48.5 Å². The normalized spacial score (nSPS) is 10.9. The molecule has 0 aliphatic heterocycles. The van der Waals surface area contributed by atoms with Gasteiger partial charge in [0.05, 0.1) is 17.7 Å². The molecule has 1 N–H and O–H groups in total. The van der Waals surface area contributed by atoms with Crippen molar-refractivity contribution in [2.45, 2.75) is 13.5 Å². The molecule has 156 valence electrons. The number of hydrogen-bond acceptors (Lipinski definition) is 3. The molecule has 0 spiro atoms. The number of nitrogens with zero attached hydrogens (tertiary/aromatic N) is 3. The van der Waals surface area contributed by atoms with Gasteiger partial charge >= 0.3 is 0 Å². The van der Waals surface area contributed by atoms with Crippen molar-refractivity contribution in [1.29, 1.82) is 0 Å². The Labute approximate surface area is 186 Å². The van der Waals surface area contributed by atoms with Crippen LogP contribution in [0, 0.1) is 6.92 Å². The van der Waals surface area contributed by atoms with E-state index in [0.717, 1.165) is 38.8 Å². The van der Waals surface area contributed by atoms with Crippen molar-refractivity contribution in [2.24, 2.45) is 0 Å². The first kappa shape index (κ1) is 19.7. The minimum atomic E-state index is -0.143. The second kappa shape index (κ2) is 8.47.